The summed E-state index contributed by atoms with van der Waals surface area (Å²) < 4.78 is 0.920. The largest absolute Gasteiger partial charge is 0.325 e. The van der Waals surface area contributed by atoms with E-state index < -0.39 is 5.54 Å². The van der Waals surface area contributed by atoms with E-state index in [4.69, 9.17) is 0 Å². The Morgan fingerprint density at radius 1 is 1.13 bits per heavy atom. The Labute approximate surface area is 143 Å². The lowest BCUT2D eigenvalue weighted by molar-refractivity contribution is -0.131. The molecule has 5 heteroatoms. The Morgan fingerprint density at radius 3 is 2.48 bits per heavy atom. The van der Waals surface area contributed by atoms with Gasteiger partial charge in [0, 0.05) is 4.47 Å². The van der Waals surface area contributed by atoms with Gasteiger partial charge in [-0.2, -0.15) is 0 Å². The monoisotopic (exact) mass is 372 g/mol. The summed E-state index contributed by atoms with van der Waals surface area (Å²) in [6.07, 6.45) is 0. The van der Waals surface area contributed by atoms with Gasteiger partial charge in [0.25, 0.3) is 5.91 Å². The molecule has 2 aromatic carbocycles. The molecule has 1 atom stereocenters. The van der Waals surface area contributed by atoms with E-state index in [2.05, 4.69) is 21.2 Å². The molecule has 1 aliphatic heterocycles. The number of nitrogens with one attached hydrogen (secondary N) is 1. The van der Waals surface area contributed by atoms with Gasteiger partial charge in [-0.1, -0.05) is 57.9 Å². The third kappa shape index (κ3) is 2.88. The fourth-order valence-corrected chi connectivity index (χ4v) is 3.19. The van der Waals surface area contributed by atoms with Crippen LogP contribution in [0.5, 0.6) is 0 Å². The van der Waals surface area contributed by atoms with Crippen LogP contribution < -0.4 is 5.32 Å². The number of hydrogen-bond acceptors (Lipinski definition) is 2. The lowest BCUT2D eigenvalue weighted by atomic mass is 9.91. The first kappa shape index (κ1) is 15.7. The minimum Gasteiger partial charge on any atom is -0.319 e. The van der Waals surface area contributed by atoms with Gasteiger partial charge >= 0.3 is 6.03 Å². The molecule has 0 spiro atoms. The number of nitrogens with zero attached hydrogens (tertiary/aromatic N) is 1. The lowest BCUT2D eigenvalue weighted by Gasteiger charge is -2.22. The van der Waals surface area contributed by atoms with Crippen LogP contribution in [-0.2, 0) is 16.9 Å². The predicted molar refractivity (Wildman–Crippen MR) is 91.8 cm³/mol. The summed E-state index contributed by atoms with van der Waals surface area (Å²) in [5, 5.41) is 2.83. The maximum atomic E-state index is 12.8. The molecule has 0 unspecified atom stereocenters. The van der Waals surface area contributed by atoms with Gasteiger partial charge in [-0.05, 0) is 37.1 Å². The molecule has 0 aromatic heterocycles. The number of imide groups is 1. The molecule has 1 saturated heterocycles. The molecule has 1 N–H and O–H groups in total. The van der Waals surface area contributed by atoms with Crippen LogP contribution in [0.15, 0.2) is 53.0 Å². The van der Waals surface area contributed by atoms with E-state index in [1.807, 2.05) is 55.5 Å². The molecule has 118 valence electrons. The van der Waals surface area contributed by atoms with Crippen molar-refractivity contribution in [2.75, 3.05) is 0 Å². The second-order valence-electron chi connectivity index (χ2n) is 5.94. The summed E-state index contributed by atoms with van der Waals surface area (Å²) in [6.45, 7) is 3.99. The van der Waals surface area contributed by atoms with Crippen molar-refractivity contribution < 1.29 is 9.59 Å². The van der Waals surface area contributed by atoms with Crippen molar-refractivity contribution in [1.82, 2.24) is 10.2 Å². The van der Waals surface area contributed by atoms with Crippen LogP contribution in [0.2, 0.25) is 0 Å². The van der Waals surface area contributed by atoms with Gasteiger partial charge < -0.3 is 5.32 Å². The topological polar surface area (TPSA) is 49.4 Å². The molecule has 1 aliphatic rings. The smallest absolute Gasteiger partial charge is 0.319 e. The molecular formula is C18H17BrN2O2. The summed E-state index contributed by atoms with van der Waals surface area (Å²) in [5.74, 6) is -0.230. The molecule has 0 radical (unpaired) electrons. The van der Waals surface area contributed by atoms with Gasteiger partial charge in [0.2, 0.25) is 0 Å². The Kier molecular flexibility index (Phi) is 3.98. The van der Waals surface area contributed by atoms with Crippen LogP contribution in [0.1, 0.15) is 23.6 Å². The van der Waals surface area contributed by atoms with Crippen molar-refractivity contribution in [2.45, 2.75) is 25.9 Å². The highest BCUT2D eigenvalue weighted by Crippen LogP contribution is 2.30. The van der Waals surface area contributed by atoms with Gasteiger partial charge in [0.05, 0.1) is 6.54 Å². The zero-order valence-corrected chi connectivity index (χ0v) is 14.6. The minimum atomic E-state index is -1.02. The molecule has 1 fully saturated rings. The highest BCUT2D eigenvalue weighted by atomic mass is 79.9. The van der Waals surface area contributed by atoms with E-state index in [1.165, 1.54) is 4.90 Å². The van der Waals surface area contributed by atoms with E-state index in [-0.39, 0.29) is 18.5 Å². The zero-order chi connectivity index (χ0) is 16.6. The molecule has 0 saturated carbocycles. The first-order valence-electron chi connectivity index (χ1n) is 7.36. The fourth-order valence-electron chi connectivity index (χ4n) is 2.74. The standard InChI is InChI=1S/C18H17BrN2O2/c1-12-6-8-14(9-7-12)18(2)16(22)21(17(23)20-18)11-13-4-3-5-15(19)10-13/h3-10H,11H2,1-2H3,(H,20,23)/t18-/m1/s1. The molecule has 4 nitrogen and oxygen atoms in total. The third-order valence-corrected chi connectivity index (χ3v) is 4.63. The first-order valence-corrected chi connectivity index (χ1v) is 8.15. The molecule has 3 rings (SSSR count). The number of amides is 3. The molecular weight excluding hydrogens is 356 g/mol. The number of hydrogen-bond donors (Lipinski definition) is 1. The van der Waals surface area contributed by atoms with Crippen molar-refractivity contribution in [3.05, 3.63) is 69.7 Å². The number of halogens is 1. The normalized spacial score (nSPS) is 20.7. The average Bonchev–Trinajstić information content (AvgIpc) is 2.72. The predicted octanol–water partition coefficient (Wildman–Crippen LogP) is 3.72. The van der Waals surface area contributed by atoms with Crippen LogP contribution in [0.4, 0.5) is 4.79 Å². The van der Waals surface area contributed by atoms with Crippen molar-refractivity contribution in [3.63, 3.8) is 0 Å². The van der Waals surface area contributed by atoms with Crippen molar-refractivity contribution >= 4 is 27.9 Å². The van der Waals surface area contributed by atoms with Crippen molar-refractivity contribution in [2.24, 2.45) is 0 Å². The minimum absolute atomic E-state index is 0.230. The maximum Gasteiger partial charge on any atom is 0.325 e. The number of carbonyl (C=O) groups excluding carboxylic acids is 2. The summed E-state index contributed by atoms with van der Waals surface area (Å²) in [4.78, 5) is 26.4. The van der Waals surface area contributed by atoms with Crippen LogP contribution in [0.3, 0.4) is 0 Å². The number of urea groups is 1. The van der Waals surface area contributed by atoms with E-state index in [0.29, 0.717) is 0 Å². The Morgan fingerprint density at radius 2 is 1.83 bits per heavy atom. The van der Waals surface area contributed by atoms with Crippen molar-refractivity contribution in [3.8, 4) is 0 Å². The zero-order valence-electron chi connectivity index (χ0n) is 13.0. The molecule has 23 heavy (non-hydrogen) atoms. The molecule has 0 aliphatic carbocycles. The highest BCUT2D eigenvalue weighted by molar-refractivity contribution is 9.10. The van der Waals surface area contributed by atoms with Crippen LogP contribution in [0, 0.1) is 6.92 Å². The van der Waals surface area contributed by atoms with E-state index in [0.717, 1.165) is 21.2 Å². The number of rotatable bonds is 3. The van der Waals surface area contributed by atoms with E-state index in [1.54, 1.807) is 6.92 Å². The second-order valence-corrected chi connectivity index (χ2v) is 6.86. The maximum absolute atomic E-state index is 12.8. The second kappa shape index (κ2) is 5.81. The van der Waals surface area contributed by atoms with Gasteiger partial charge in [-0.15, -0.1) is 0 Å². The Balaban J connectivity index is 1.89. The summed E-state index contributed by atoms with van der Waals surface area (Å²) in [7, 11) is 0. The highest BCUT2D eigenvalue weighted by Gasteiger charge is 2.48. The fraction of sp³-hybridized carbons (Fsp3) is 0.222. The molecule has 0 bridgehead atoms. The summed E-state index contributed by atoms with van der Waals surface area (Å²) in [6, 6.07) is 14.9. The van der Waals surface area contributed by atoms with E-state index in [9.17, 15) is 9.59 Å². The summed E-state index contributed by atoms with van der Waals surface area (Å²) in [5.41, 5.74) is 1.78. The number of benzene rings is 2. The number of aryl methyl sites for hydroxylation is 1. The van der Waals surface area contributed by atoms with E-state index >= 15 is 0 Å². The Bertz CT molecular complexity index is 773. The molecule has 1 heterocycles. The van der Waals surface area contributed by atoms with Gasteiger partial charge in [0.15, 0.2) is 0 Å². The van der Waals surface area contributed by atoms with Gasteiger partial charge in [-0.3, -0.25) is 9.69 Å². The molecule has 2 aromatic rings. The van der Waals surface area contributed by atoms with Crippen LogP contribution in [0.25, 0.3) is 0 Å². The SMILES string of the molecule is Cc1ccc([C@@]2(C)NC(=O)N(Cc3cccc(Br)c3)C2=O)cc1. The third-order valence-electron chi connectivity index (χ3n) is 4.13. The van der Waals surface area contributed by atoms with Gasteiger partial charge in [-0.25, -0.2) is 4.79 Å². The first-order chi connectivity index (χ1) is 10.9. The van der Waals surface area contributed by atoms with Crippen molar-refractivity contribution in [1.29, 1.82) is 0 Å². The quantitative estimate of drug-likeness (QED) is 0.834. The lowest BCUT2D eigenvalue weighted by Crippen LogP contribution is -2.40. The average molecular weight is 373 g/mol. The van der Waals surface area contributed by atoms with Gasteiger partial charge in [0.1, 0.15) is 5.54 Å². The summed E-state index contributed by atoms with van der Waals surface area (Å²) >= 11 is 3.40. The Hall–Kier alpha value is -2.14. The van der Waals surface area contributed by atoms with Crippen LogP contribution in [-0.4, -0.2) is 16.8 Å². The molecule has 3 amide bonds. The van der Waals surface area contributed by atoms with Crippen LogP contribution >= 0.6 is 15.9 Å². The number of carbonyl (C=O) groups is 2.